The molecule has 2 rings (SSSR count). The lowest BCUT2D eigenvalue weighted by atomic mass is 10.0. The maximum Gasteiger partial charge on any atom is 0.258 e. The molecule has 1 aromatic rings. The molecule has 1 atom stereocenters. The Morgan fingerprint density at radius 2 is 2.32 bits per heavy atom. The molecule has 0 saturated carbocycles. The number of nitrogens with zero attached hydrogens (tertiary/aromatic N) is 2. The van der Waals surface area contributed by atoms with Crippen molar-refractivity contribution in [3.63, 3.8) is 0 Å². The van der Waals surface area contributed by atoms with E-state index < -0.39 is 0 Å². The molecule has 6 heteroatoms. The Morgan fingerprint density at radius 1 is 1.58 bits per heavy atom. The third-order valence-corrected chi connectivity index (χ3v) is 4.21. The van der Waals surface area contributed by atoms with E-state index in [0.29, 0.717) is 17.3 Å². The first-order chi connectivity index (χ1) is 8.99. The minimum atomic E-state index is -0.116. The Labute approximate surface area is 118 Å². The second kappa shape index (κ2) is 5.77. The Balaban J connectivity index is 2.24. The van der Waals surface area contributed by atoms with Crippen LogP contribution in [0.25, 0.3) is 0 Å². The van der Waals surface area contributed by atoms with Crippen molar-refractivity contribution < 1.29 is 4.79 Å². The first-order valence-corrected chi connectivity index (χ1v) is 7.57. The molecule has 0 aliphatic carbocycles. The third kappa shape index (κ3) is 3.18. The number of carbonyl (C=O) groups is 1. The summed E-state index contributed by atoms with van der Waals surface area (Å²) in [6.07, 6.45) is 2.41. The first kappa shape index (κ1) is 14.1. The van der Waals surface area contributed by atoms with Crippen molar-refractivity contribution in [2.45, 2.75) is 39.7 Å². The molecule has 0 spiro atoms. The van der Waals surface area contributed by atoms with Gasteiger partial charge in [-0.1, -0.05) is 6.92 Å². The molecule has 1 aromatic heterocycles. The van der Waals surface area contributed by atoms with Crippen LogP contribution in [0.2, 0.25) is 0 Å². The number of amides is 1. The maximum absolute atomic E-state index is 12.2. The molecule has 2 heterocycles. The van der Waals surface area contributed by atoms with Crippen LogP contribution in [0.5, 0.6) is 0 Å². The van der Waals surface area contributed by atoms with Gasteiger partial charge in [-0.3, -0.25) is 4.79 Å². The lowest BCUT2D eigenvalue weighted by molar-refractivity contribution is 0.0944. The van der Waals surface area contributed by atoms with E-state index in [4.69, 9.17) is 5.73 Å². The van der Waals surface area contributed by atoms with Gasteiger partial charge >= 0.3 is 0 Å². The van der Waals surface area contributed by atoms with Crippen LogP contribution >= 0.6 is 11.5 Å². The van der Waals surface area contributed by atoms with E-state index in [9.17, 15) is 4.79 Å². The van der Waals surface area contributed by atoms with Gasteiger partial charge in [0.15, 0.2) is 5.82 Å². The Kier molecular flexibility index (Phi) is 4.29. The molecule has 0 bridgehead atoms. The highest BCUT2D eigenvalue weighted by Crippen LogP contribution is 2.33. The van der Waals surface area contributed by atoms with Gasteiger partial charge in [0.2, 0.25) is 0 Å². The molecule has 5 nitrogen and oxygen atoms in total. The SMILES string of the molecule is CC1CCCN(c2snc(N)c2C(=O)NC(C)C)C1. The molecular formula is C13H22N4OS. The molecule has 1 aliphatic rings. The summed E-state index contributed by atoms with van der Waals surface area (Å²) >= 11 is 1.33. The highest BCUT2D eigenvalue weighted by molar-refractivity contribution is 7.11. The standard InChI is InChI=1S/C13H22N4OS/c1-8(2)15-12(18)10-11(14)16-19-13(10)17-6-4-5-9(3)7-17/h8-9H,4-7H2,1-3H3,(H2,14,16)(H,15,18). The summed E-state index contributed by atoms with van der Waals surface area (Å²) < 4.78 is 4.16. The van der Waals surface area contributed by atoms with Crippen LogP contribution < -0.4 is 16.0 Å². The van der Waals surface area contributed by atoms with Gasteiger partial charge in [0.25, 0.3) is 5.91 Å². The average molecular weight is 282 g/mol. The Hall–Kier alpha value is -1.30. The van der Waals surface area contributed by atoms with Crippen LogP contribution in [0.15, 0.2) is 0 Å². The molecule has 1 aliphatic heterocycles. The lowest BCUT2D eigenvalue weighted by Gasteiger charge is -2.31. The molecule has 19 heavy (non-hydrogen) atoms. The summed E-state index contributed by atoms with van der Waals surface area (Å²) in [7, 11) is 0. The number of aromatic nitrogens is 1. The first-order valence-electron chi connectivity index (χ1n) is 6.80. The molecule has 106 valence electrons. The van der Waals surface area contributed by atoms with Crippen molar-refractivity contribution >= 4 is 28.3 Å². The predicted molar refractivity (Wildman–Crippen MR) is 79.7 cm³/mol. The topological polar surface area (TPSA) is 71.2 Å². The molecular weight excluding hydrogens is 260 g/mol. The number of anilines is 2. The molecule has 0 aromatic carbocycles. The highest BCUT2D eigenvalue weighted by Gasteiger charge is 2.26. The number of carbonyl (C=O) groups excluding carboxylic acids is 1. The van der Waals surface area contributed by atoms with Crippen molar-refractivity contribution in [1.29, 1.82) is 0 Å². The van der Waals surface area contributed by atoms with Gasteiger partial charge in [-0.15, -0.1) is 0 Å². The smallest absolute Gasteiger partial charge is 0.258 e. The fourth-order valence-corrected chi connectivity index (χ4v) is 3.28. The molecule has 0 radical (unpaired) electrons. The van der Waals surface area contributed by atoms with Crippen LogP contribution in [-0.4, -0.2) is 29.4 Å². The lowest BCUT2D eigenvalue weighted by Crippen LogP contribution is -2.36. The number of nitrogens with one attached hydrogen (secondary N) is 1. The minimum Gasteiger partial charge on any atom is -0.382 e. The summed E-state index contributed by atoms with van der Waals surface area (Å²) in [5.41, 5.74) is 6.42. The minimum absolute atomic E-state index is 0.0972. The number of nitrogen functional groups attached to an aromatic ring is 1. The molecule has 1 unspecified atom stereocenters. The Bertz CT molecular complexity index is 457. The van der Waals surface area contributed by atoms with E-state index in [1.54, 1.807) is 0 Å². The summed E-state index contributed by atoms with van der Waals surface area (Å²) in [6.45, 7) is 8.08. The van der Waals surface area contributed by atoms with Crippen LogP contribution in [0, 0.1) is 5.92 Å². The van der Waals surface area contributed by atoms with Crippen molar-refractivity contribution in [3.8, 4) is 0 Å². The van der Waals surface area contributed by atoms with Gasteiger partial charge in [0, 0.05) is 19.1 Å². The number of rotatable bonds is 3. The Morgan fingerprint density at radius 3 is 2.95 bits per heavy atom. The van der Waals surface area contributed by atoms with E-state index >= 15 is 0 Å². The second-order valence-corrected chi connectivity index (χ2v) is 6.32. The molecule has 1 saturated heterocycles. The average Bonchev–Trinajstić information content (AvgIpc) is 2.70. The van der Waals surface area contributed by atoms with Gasteiger partial charge in [0.05, 0.1) is 0 Å². The van der Waals surface area contributed by atoms with E-state index in [1.165, 1.54) is 18.0 Å². The summed E-state index contributed by atoms with van der Waals surface area (Å²) in [4.78, 5) is 14.5. The van der Waals surface area contributed by atoms with Crippen molar-refractivity contribution in [1.82, 2.24) is 9.69 Å². The summed E-state index contributed by atoms with van der Waals surface area (Å²) in [5.74, 6) is 0.879. The zero-order chi connectivity index (χ0) is 14.0. The fourth-order valence-electron chi connectivity index (χ4n) is 2.43. The van der Waals surface area contributed by atoms with Gasteiger partial charge < -0.3 is 16.0 Å². The highest BCUT2D eigenvalue weighted by atomic mass is 32.1. The van der Waals surface area contributed by atoms with Crippen LogP contribution in [0.1, 0.15) is 44.0 Å². The molecule has 1 amide bonds. The van der Waals surface area contributed by atoms with Crippen LogP contribution in [0.3, 0.4) is 0 Å². The van der Waals surface area contributed by atoms with Gasteiger partial charge in [-0.2, -0.15) is 4.37 Å². The van der Waals surface area contributed by atoms with E-state index in [2.05, 4.69) is 21.5 Å². The number of nitrogens with two attached hydrogens (primary N) is 1. The number of hydrogen-bond acceptors (Lipinski definition) is 5. The monoisotopic (exact) mass is 282 g/mol. The number of piperidine rings is 1. The van der Waals surface area contributed by atoms with Crippen LogP contribution in [-0.2, 0) is 0 Å². The van der Waals surface area contributed by atoms with Gasteiger partial charge in [-0.05, 0) is 44.1 Å². The summed E-state index contributed by atoms with van der Waals surface area (Å²) in [5, 5.41) is 3.82. The van der Waals surface area contributed by atoms with Crippen molar-refractivity contribution in [2.24, 2.45) is 5.92 Å². The van der Waals surface area contributed by atoms with Gasteiger partial charge in [-0.25, -0.2) is 0 Å². The second-order valence-electron chi connectivity index (χ2n) is 5.57. The normalized spacial score (nSPS) is 19.8. The van der Waals surface area contributed by atoms with E-state index in [0.717, 1.165) is 24.5 Å². The van der Waals surface area contributed by atoms with E-state index in [-0.39, 0.29) is 11.9 Å². The van der Waals surface area contributed by atoms with E-state index in [1.807, 2.05) is 13.8 Å². The van der Waals surface area contributed by atoms with Crippen molar-refractivity contribution in [3.05, 3.63) is 5.56 Å². The van der Waals surface area contributed by atoms with Crippen molar-refractivity contribution in [2.75, 3.05) is 23.7 Å². The maximum atomic E-state index is 12.2. The van der Waals surface area contributed by atoms with Gasteiger partial charge in [0.1, 0.15) is 10.6 Å². The fraction of sp³-hybridized carbons (Fsp3) is 0.692. The zero-order valence-corrected chi connectivity index (χ0v) is 12.6. The largest absolute Gasteiger partial charge is 0.382 e. The predicted octanol–water partition coefficient (Wildman–Crippen LogP) is 2.10. The quantitative estimate of drug-likeness (QED) is 0.890. The number of hydrogen-bond donors (Lipinski definition) is 2. The molecule has 1 fully saturated rings. The summed E-state index contributed by atoms with van der Waals surface area (Å²) in [6, 6.07) is 0.0972. The zero-order valence-electron chi connectivity index (χ0n) is 11.8. The van der Waals surface area contributed by atoms with Crippen LogP contribution in [0.4, 0.5) is 10.8 Å². The molecule has 3 N–H and O–H groups in total. The third-order valence-electron chi connectivity index (χ3n) is 3.29.